The third kappa shape index (κ3) is 2.87. The van der Waals surface area contributed by atoms with Gasteiger partial charge < -0.3 is 0 Å². The van der Waals surface area contributed by atoms with E-state index >= 15 is 0 Å². The van der Waals surface area contributed by atoms with Gasteiger partial charge in [0.2, 0.25) is 5.82 Å². The van der Waals surface area contributed by atoms with Gasteiger partial charge in [0.25, 0.3) is 0 Å². The van der Waals surface area contributed by atoms with Crippen molar-refractivity contribution in [3.05, 3.63) is 30.1 Å². The molecule has 0 radical (unpaired) electrons. The number of carbonyl (C=O) groups excluding carboxylic acids is 1. The predicted octanol–water partition coefficient (Wildman–Crippen LogP) is 1.49. The monoisotopic (exact) mass is 309 g/mol. The lowest BCUT2D eigenvalue weighted by molar-refractivity contribution is 0.0927. The number of hydrazine groups is 1. The quantitative estimate of drug-likeness (QED) is 0.576. The number of hydrogen-bond donors (Lipinski definition) is 3. The van der Waals surface area contributed by atoms with Gasteiger partial charge >= 0.3 is 5.91 Å². The van der Waals surface area contributed by atoms with E-state index in [2.05, 4.69) is 27.5 Å². The minimum absolute atomic E-state index is 0.136. The van der Waals surface area contributed by atoms with Crippen LogP contribution in [0, 0.1) is 5.82 Å². The zero-order chi connectivity index (χ0) is 15.0. The number of aromatic nitrogens is 2. The number of rotatable bonds is 5. The van der Waals surface area contributed by atoms with Crippen molar-refractivity contribution in [2.24, 2.45) is 0 Å². The number of fused-ring (bicyclic) bond motifs is 1. The number of halogens is 1. The first-order valence-electron chi connectivity index (χ1n) is 6.60. The molecule has 0 bridgehead atoms. The molecule has 21 heavy (non-hydrogen) atoms. The minimum atomic E-state index is -0.416. The molecule has 0 aromatic carbocycles. The highest BCUT2D eigenvalue weighted by Gasteiger charge is 2.37. The molecule has 0 atom stereocenters. The number of imidazole rings is 1. The van der Waals surface area contributed by atoms with E-state index < -0.39 is 11.7 Å². The fraction of sp³-hybridized carbons (Fsp3) is 0.385. The largest absolute Gasteiger partial charge is 0.301 e. The van der Waals surface area contributed by atoms with Crippen LogP contribution in [-0.4, -0.2) is 27.9 Å². The molecule has 2 aromatic heterocycles. The van der Waals surface area contributed by atoms with E-state index in [0.717, 1.165) is 12.8 Å². The van der Waals surface area contributed by atoms with Gasteiger partial charge in [0.1, 0.15) is 11.3 Å². The van der Waals surface area contributed by atoms with E-state index in [-0.39, 0.29) is 16.9 Å². The Bertz CT molecular complexity index is 697. The van der Waals surface area contributed by atoms with E-state index in [4.69, 9.17) is 0 Å². The van der Waals surface area contributed by atoms with Crippen LogP contribution >= 0.6 is 11.9 Å². The first kappa shape index (κ1) is 14.3. The predicted molar refractivity (Wildman–Crippen MR) is 78.3 cm³/mol. The van der Waals surface area contributed by atoms with Crippen LogP contribution in [0.25, 0.3) is 5.52 Å². The molecule has 6 nitrogen and oxygen atoms in total. The van der Waals surface area contributed by atoms with Crippen molar-refractivity contribution in [1.29, 1.82) is 0 Å². The lowest BCUT2D eigenvalue weighted by Crippen LogP contribution is -2.35. The Morgan fingerprint density at radius 3 is 2.95 bits per heavy atom. The van der Waals surface area contributed by atoms with Crippen LogP contribution in [0.2, 0.25) is 0 Å². The molecule has 1 aliphatic rings. The van der Waals surface area contributed by atoms with Crippen molar-refractivity contribution in [3.63, 3.8) is 0 Å². The highest BCUT2D eigenvalue weighted by atomic mass is 32.2. The average molecular weight is 309 g/mol. The maximum absolute atomic E-state index is 14.1. The third-order valence-corrected chi connectivity index (χ3v) is 4.48. The van der Waals surface area contributed by atoms with Gasteiger partial charge in [-0.25, -0.2) is 14.8 Å². The Labute approximate surface area is 125 Å². The van der Waals surface area contributed by atoms with Crippen LogP contribution in [0.15, 0.2) is 23.4 Å². The molecule has 0 saturated heterocycles. The van der Waals surface area contributed by atoms with Crippen LogP contribution < -0.4 is 15.6 Å². The van der Waals surface area contributed by atoms with E-state index in [1.807, 2.05) is 0 Å². The molecule has 2 heterocycles. The molecule has 1 amide bonds. The number of carbonyl (C=O) groups is 1. The fourth-order valence-electron chi connectivity index (χ4n) is 1.90. The molecule has 1 saturated carbocycles. The number of nitrogens with one attached hydrogen (secondary N) is 3. The summed E-state index contributed by atoms with van der Waals surface area (Å²) in [6, 6.07) is 1.44. The van der Waals surface area contributed by atoms with Gasteiger partial charge in [-0.05, 0) is 37.8 Å². The van der Waals surface area contributed by atoms with Gasteiger partial charge in [0.15, 0.2) is 0 Å². The van der Waals surface area contributed by atoms with Crippen LogP contribution in [0.4, 0.5) is 4.39 Å². The summed E-state index contributed by atoms with van der Waals surface area (Å²) in [5.41, 5.74) is 5.38. The number of pyridine rings is 1. The molecule has 1 aliphatic carbocycles. The number of nitrogens with zero attached hydrogens (tertiary/aromatic N) is 2. The smallest absolute Gasteiger partial charge is 0.292 e. The molecule has 0 unspecified atom stereocenters. The van der Waals surface area contributed by atoms with Gasteiger partial charge in [-0.2, -0.15) is 0 Å². The van der Waals surface area contributed by atoms with Crippen molar-refractivity contribution in [2.45, 2.75) is 30.2 Å². The normalized spacial score (nSPS) is 16.1. The summed E-state index contributed by atoms with van der Waals surface area (Å²) < 4.78 is 18.9. The maximum atomic E-state index is 14.1. The summed E-state index contributed by atoms with van der Waals surface area (Å²) in [6.45, 7) is 2.12. The van der Waals surface area contributed by atoms with Gasteiger partial charge in [-0.3, -0.25) is 19.3 Å². The zero-order valence-corrected chi connectivity index (χ0v) is 12.6. The average Bonchev–Trinajstić information content (AvgIpc) is 3.02. The van der Waals surface area contributed by atoms with E-state index in [1.54, 1.807) is 13.2 Å². The Kier molecular flexibility index (Phi) is 3.60. The van der Waals surface area contributed by atoms with Gasteiger partial charge in [-0.15, -0.1) is 0 Å². The summed E-state index contributed by atoms with van der Waals surface area (Å²) in [5.74, 6) is -0.682. The maximum Gasteiger partial charge on any atom is 0.301 e. The Hall–Kier alpha value is -1.64. The van der Waals surface area contributed by atoms with Gasteiger partial charge in [0, 0.05) is 23.7 Å². The lowest BCUT2D eigenvalue weighted by Gasteiger charge is -2.11. The third-order valence-electron chi connectivity index (χ3n) is 3.42. The first-order chi connectivity index (χ1) is 10.0. The highest BCUT2D eigenvalue weighted by molar-refractivity contribution is 7.97. The van der Waals surface area contributed by atoms with Crippen LogP contribution in [0.3, 0.4) is 0 Å². The Balaban J connectivity index is 1.92. The zero-order valence-electron chi connectivity index (χ0n) is 11.7. The number of amides is 1. The second-order valence-corrected chi connectivity index (χ2v) is 6.21. The van der Waals surface area contributed by atoms with Crippen molar-refractivity contribution < 1.29 is 9.18 Å². The molecular formula is C13H16FN5OS. The standard InChI is InChI=1S/C13H16FN5OS/c1-13(3-4-13)18-21-8-5-9(14)10-6-16-11(19(10)7-8)12(20)17-15-2/h5-7,15,18H,3-4H2,1-2H3,(H,17,20). The van der Waals surface area contributed by atoms with Crippen molar-refractivity contribution >= 4 is 23.4 Å². The summed E-state index contributed by atoms with van der Waals surface area (Å²) in [7, 11) is 1.58. The van der Waals surface area contributed by atoms with Crippen LogP contribution in [-0.2, 0) is 0 Å². The first-order valence-corrected chi connectivity index (χ1v) is 7.42. The summed E-state index contributed by atoms with van der Waals surface area (Å²) in [4.78, 5) is 16.5. The second kappa shape index (κ2) is 5.28. The molecule has 3 N–H and O–H groups in total. The number of hydrogen-bond acceptors (Lipinski definition) is 5. The van der Waals surface area contributed by atoms with Gasteiger partial charge in [0.05, 0.1) is 6.20 Å². The lowest BCUT2D eigenvalue weighted by atomic mass is 10.4. The van der Waals surface area contributed by atoms with Crippen molar-refractivity contribution in [3.8, 4) is 0 Å². The molecule has 2 aromatic rings. The van der Waals surface area contributed by atoms with Crippen LogP contribution in [0.5, 0.6) is 0 Å². The fourth-order valence-corrected chi connectivity index (χ4v) is 2.79. The van der Waals surface area contributed by atoms with Crippen molar-refractivity contribution in [2.75, 3.05) is 7.05 Å². The molecule has 1 fully saturated rings. The summed E-state index contributed by atoms with van der Waals surface area (Å²) in [5, 5.41) is 0. The minimum Gasteiger partial charge on any atom is -0.292 e. The molecular weight excluding hydrogens is 293 g/mol. The second-order valence-electron chi connectivity index (χ2n) is 5.33. The van der Waals surface area contributed by atoms with Crippen LogP contribution in [0.1, 0.15) is 30.4 Å². The molecule has 3 rings (SSSR count). The molecule has 112 valence electrons. The summed E-state index contributed by atoms with van der Waals surface area (Å²) in [6.07, 6.45) is 5.29. The van der Waals surface area contributed by atoms with Crippen molar-refractivity contribution in [1.82, 2.24) is 25.0 Å². The topological polar surface area (TPSA) is 70.5 Å². The molecule has 0 spiro atoms. The van der Waals surface area contributed by atoms with E-state index in [1.165, 1.54) is 28.6 Å². The summed E-state index contributed by atoms with van der Waals surface area (Å²) >= 11 is 1.37. The Morgan fingerprint density at radius 1 is 1.52 bits per heavy atom. The van der Waals surface area contributed by atoms with E-state index in [0.29, 0.717) is 4.90 Å². The van der Waals surface area contributed by atoms with Gasteiger partial charge in [-0.1, -0.05) is 0 Å². The van der Waals surface area contributed by atoms with E-state index in [9.17, 15) is 9.18 Å². The Morgan fingerprint density at radius 2 is 2.29 bits per heavy atom. The molecule has 0 aliphatic heterocycles. The SMILES string of the molecule is CNNC(=O)c1ncc2c(F)cc(SNC3(C)CC3)cn12. The molecule has 8 heteroatoms. The highest BCUT2D eigenvalue weighted by Crippen LogP contribution is 2.37.